The van der Waals surface area contributed by atoms with Gasteiger partial charge in [-0.1, -0.05) is 48.9 Å². The first-order valence-electron chi connectivity index (χ1n) is 10.9. The summed E-state index contributed by atoms with van der Waals surface area (Å²) in [5.41, 5.74) is 1.71. The van der Waals surface area contributed by atoms with Crippen LogP contribution in [0.4, 0.5) is 0 Å². The summed E-state index contributed by atoms with van der Waals surface area (Å²) in [5.74, 6) is 0.750. The van der Waals surface area contributed by atoms with E-state index in [0.717, 1.165) is 5.56 Å². The Hall–Kier alpha value is -2.99. The van der Waals surface area contributed by atoms with E-state index >= 15 is 0 Å². The molecule has 3 aromatic rings. The van der Waals surface area contributed by atoms with Gasteiger partial charge in [-0.3, -0.25) is 14.2 Å². The van der Waals surface area contributed by atoms with Crippen LogP contribution in [0, 0.1) is 6.92 Å². The summed E-state index contributed by atoms with van der Waals surface area (Å²) in [4.78, 5) is 32.2. The highest BCUT2D eigenvalue weighted by Gasteiger charge is 2.35. The lowest BCUT2D eigenvalue weighted by Crippen LogP contribution is -2.50. The maximum atomic E-state index is 13.1. The van der Waals surface area contributed by atoms with Gasteiger partial charge in [-0.15, -0.1) is 0 Å². The van der Waals surface area contributed by atoms with Gasteiger partial charge in [-0.05, 0) is 37.5 Å². The standard InChI is InChI=1S/C25H29N3O3/c1-3-22-26-21-7-5-4-6-20(21)24(30)28(22)17-25(31)12-14-27(15-13-25)23(29)16-19-10-8-18(2)9-11-19/h4-11,31H,3,12-17H2,1-2H3. The average Bonchev–Trinajstić information content (AvgIpc) is 2.77. The van der Waals surface area contributed by atoms with Crippen molar-refractivity contribution >= 4 is 16.8 Å². The fourth-order valence-electron chi connectivity index (χ4n) is 4.26. The molecule has 162 valence electrons. The number of piperidine rings is 1. The van der Waals surface area contributed by atoms with Crippen LogP contribution in [0.25, 0.3) is 10.9 Å². The molecule has 6 heteroatoms. The molecule has 0 unspecified atom stereocenters. The highest BCUT2D eigenvalue weighted by molar-refractivity contribution is 5.79. The lowest BCUT2D eigenvalue weighted by Gasteiger charge is -2.38. The van der Waals surface area contributed by atoms with Crippen LogP contribution in [0.15, 0.2) is 53.3 Å². The van der Waals surface area contributed by atoms with E-state index in [2.05, 4.69) is 4.98 Å². The largest absolute Gasteiger partial charge is 0.388 e. The fourth-order valence-corrected chi connectivity index (χ4v) is 4.26. The van der Waals surface area contributed by atoms with Crippen LogP contribution in [-0.4, -0.2) is 44.2 Å². The van der Waals surface area contributed by atoms with E-state index in [4.69, 9.17) is 0 Å². The quantitative estimate of drug-likeness (QED) is 0.690. The second-order valence-corrected chi connectivity index (χ2v) is 8.56. The number of carbonyl (C=O) groups excluding carboxylic acids is 1. The average molecular weight is 420 g/mol. The van der Waals surface area contributed by atoms with Crippen molar-refractivity contribution in [2.45, 2.75) is 51.7 Å². The number of benzene rings is 2. The van der Waals surface area contributed by atoms with Crippen LogP contribution in [0.5, 0.6) is 0 Å². The van der Waals surface area contributed by atoms with Gasteiger partial charge in [0.25, 0.3) is 5.56 Å². The van der Waals surface area contributed by atoms with Gasteiger partial charge in [0.05, 0.1) is 29.5 Å². The lowest BCUT2D eigenvalue weighted by atomic mass is 9.90. The normalized spacial score (nSPS) is 15.9. The van der Waals surface area contributed by atoms with Gasteiger partial charge >= 0.3 is 0 Å². The van der Waals surface area contributed by atoms with Gasteiger partial charge in [-0.2, -0.15) is 0 Å². The molecule has 0 spiro atoms. The zero-order valence-electron chi connectivity index (χ0n) is 18.2. The predicted octanol–water partition coefficient (Wildman–Crippen LogP) is 2.86. The minimum atomic E-state index is -1.03. The topological polar surface area (TPSA) is 75.4 Å². The molecular formula is C25H29N3O3. The number of rotatable bonds is 5. The monoisotopic (exact) mass is 419 g/mol. The number of para-hydroxylation sites is 1. The second kappa shape index (κ2) is 8.63. The Kier molecular flexibility index (Phi) is 5.92. The summed E-state index contributed by atoms with van der Waals surface area (Å²) in [5, 5.41) is 11.8. The van der Waals surface area contributed by atoms with Crippen LogP contribution < -0.4 is 5.56 Å². The molecule has 1 saturated heterocycles. The van der Waals surface area contributed by atoms with E-state index in [9.17, 15) is 14.7 Å². The lowest BCUT2D eigenvalue weighted by molar-refractivity contribution is -0.135. The molecule has 0 bridgehead atoms. The highest BCUT2D eigenvalue weighted by Crippen LogP contribution is 2.25. The maximum absolute atomic E-state index is 13.1. The molecule has 0 aliphatic carbocycles. The van der Waals surface area contributed by atoms with E-state index < -0.39 is 5.60 Å². The number of carbonyl (C=O) groups is 1. The Morgan fingerprint density at radius 2 is 1.77 bits per heavy atom. The van der Waals surface area contributed by atoms with Crippen molar-refractivity contribution < 1.29 is 9.90 Å². The molecule has 1 N–H and O–H groups in total. The summed E-state index contributed by atoms with van der Waals surface area (Å²) in [6.45, 7) is 5.16. The van der Waals surface area contributed by atoms with Crippen molar-refractivity contribution in [3.05, 3.63) is 75.8 Å². The Labute approximate surface area is 182 Å². The molecule has 31 heavy (non-hydrogen) atoms. The van der Waals surface area contributed by atoms with Crippen molar-refractivity contribution in [1.29, 1.82) is 0 Å². The van der Waals surface area contributed by atoms with Gasteiger partial charge in [0.15, 0.2) is 0 Å². The van der Waals surface area contributed by atoms with Crippen molar-refractivity contribution in [1.82, 2.24) is 14.5 Å². The SMILES string of the molecule is CCc1nc2ccccc2c(=O)n1CC1(O)CCN(C(=O)Cc2ccc(C)cc2)CC1. The third-order valence-electron chi connectivity index (χ3n) is 6.23. The van der Waals surface area contributed by atoms with Gasteiger partial charge in [0.2, 0.25) is 5.91 Å². The van der Waals surface area contributed by atoms with Crippen molar-refractivity contribution in [2.75, 3.05) is 13.1 Å². The number of aromatic nitrogens is 2. The van der Waals surface area contributed by atoms with Crippen LogP contribution in [0.3, 0.4) is 0 Å². The van der Waals surface area contributed by atoms with Crippen LogP contribution in [0.1, 0.15) is 36.7 Å². The molecule has 2 aromatic carbocycles. The number of hydrogen-bond acceptors (Lipinski definition) is 4. The first-order chi connectivity index (χ1) is 14.9. The third kappa shape index (κ3) is 4.54. The fraction of sp³-hybridized carbons (Fsp3) is 0.400. The zero-order chi connectivity index (χ0) is 22.0. The van der Waals surface area contributed by atoms with Gasteiger partial charge < -0.3 is 10.0 Å². The van der Waals surface area contributed by atoms with Gasteiger partial charge in [0.1, 0.15) is 5.82 Å². The number of fused-ring (bicyclic) bond motifs is 1. The minimum Gasteiger partial charge on any atom is -0.388 e. The Bertz CT molecular complexity index is 1140. The van der Waals surface area contributed by atoms with Gasteiger partial charge in [0, 0.05) is 19.5 Å². The van der Waals surface area contributed by atoms with Crippen molar-refractivity contribution in [2.24, 2.45) is 0 Å². The summed E-state index contributed by atoms with van der Waals surface area (Å²) >= 11 is 0. The van der Waals surface area contributed by atoms with E-state index in [1.54, 1.807) is 10.6 Å². The zero-order valence-corrected chi connectivity index (χ0v) is 18.2. The van der Waals surface area contributed by atoms with Crippen LogP contribution in [0.2, 0.25) is 0 Å². The van der Waals surface area contributed by atoms with E-state index in [1.807, 2.05) is 61.2 Å². The Morgan fingerprint density at radius 3 is 2.45 bits per heavy atom. The molecular weight excluding hydrogens is 390 g/mol. The Balaban J connectivity index is 1.46. The van der Waals surface area contributed by atoms with Crippen molar-refractivity contribution in [3.8, 4) is 0 Å². The number of likely N-dealkylation sites (tertiary alicyclic amines) is 1. The molecule has 0 radical (unpaired) electrons. The minimum absolute atomic E-state index is 0.0738. The summed E-state index contributed by atoms with van der Waals surface area (Å²) in [6, 6.07) is 15.3. The van der Waals surface area contributed by atoms with Crippen LogP contribution >= 0.6 is 0 Å². The number of amides is 1. The number of aliphatic hydroxyl groups is 1. The number of nitrogens with zero attached hydrogens (tertiary/aromatic N) is 3. The summed E-state index contributed by atoms with van der Waals surface area (Å²) in [7, 11) is 0. The molecule has 4 rings (SSSR count). The summed E-state index contributed by atoms with van der Waals surface area (Å²) in [6.07, 6.45) is 1.86. The molecule has 1 aliphatic rings. The second-order valence-electron chi connectivity index (χ2n) is 8.56. The van der Waals surface area contributed by atoms with E-state index in [0.29, 0.717) is 55.5 Å². The molecule has 1 aliphatic heterocycles. The first-order valence-corrected chi connectivity index (χ1v) is 10.9. The molecule has 6 nitrogen and oxygen atoms in total. The molecule has 1 fully saturated rings. The van der Waals surface area contributed by atoms with Crippen molar-refractivity contribution in [3.63, 3.8) is 0 Å². The van der Waals surface area contributed by atoms with E-state index in [-0.39, 0.29) is 18.0 Å². The number of hydrogen-bond donors (Lipinski definition) is 1. The van der Waals surface area contributed by atoms with Gasteiger partial charge in [-0.25, -0.2) is 4.98 Å². The summed E-state index contributed by atoms with van der Waals surface area (Å²) < 4.78 is 1.62. The highest BCUT2D eigenvalue weighted by atomic mass is 16.3. The molecule has 0 saturated carbocycles. The third-order valence-corrected chi connectivity index (χ3v) is 6.23. The smallest absolute Gasteiger partial charge is 0.261 e. The molecule has 1 aromatic heterocycles. The molecule has 1 amide bonds. The molecule has 0 atom stereocenters. The maximum Gasteiger partial charge on any atom is 0.261 e. The molecule has 2 heterocycles. The Morgan fingerprint density at radius 1 is 1.10 bits per heavy atom. The predicted molar refractivity (Wildman–Crippen MR) is 121 cm³/mol. The van der Waals surface area contributed by atoms with Crippen LogP contribution in [-0.2, 0) is 24.2 Å². The number of aryl methyl sites for hydroxylation is 2. The van der Waals surface area contributed by atoms with E-state index in [1.165, 1.54) is 5.56 Å². The first kappa shape index (κ1) is 21.2.